The number of benzene rings is 2. The Bertz CT molecular complexity index is 545. The molecule has 2 heteroatoms. The van der Waals surface area contributed by atoms with Crippen LogP contribution in [0.15, 0.2) is 48.5 Å². The van der Waals surface area contributed by atoms with Gasteiger partial charge >= 0.3 is 0 Å². The normalized spacial score (nSPS) is 14.0. The Morgan fingerprint density at radius 2 is 1.55 bits per heavy atom. The van der Waals surface area contributed by atoms with Gasteiger partial charge in [0.05, 0.1) is 5.60 Å². The highest BCUT2D eigenvalue weighted by Gasteiger charge is 2.29. The van der Waals surface area contributed by atoms with Crippen LogP contribution in [0.2, 0.25) is 0 Å². The van der Waals surface area contributed by atoms with E-state index in [0.717, 1.165) is 5.56 Å². The fraction of sp³-hybridized carbons (Fsp3) is 0.333. The van der Waals surface area contributed by atoms with E-state index < -0.39 is 5.60 Å². The van der Waals surface area contributed by atoms with Gasteiger partial charge in [0.2, 0.25) is 0 Å². The van der Waals surface area contributed by atoms with Gasteiger partial charge in [-0.05, 0) is 42.5 Å². The highest BCUT2D eigenvalue weighted by atomic mass is 35.5. The summed E-state index contributed by atoms with van der Waals surface area (Å²) in [5.74, 6) is 0.441. The predicted octanol–water partition coefficient (Wildman–Crippen LogP) is 4.36. The number of aryl methyl sites for hydroxylation is 2. The third kappa shape index (κ3) is 3.23. The summed E-state index contributed by atoms with van der Waals surface area (Å²) in [6, 6.07) is 16.1. The number of aliphatic hydroxyl groups is 1. The fourth-order valence-electron chi connectivity index (χ4n) is 2.66. The van der Waals surface area contributed by atoms with Crippen LogP contribution in [0.1, 0.15) is 28.7 Å². The highest BCUT2D eigenvalue weighted by molar-refractivity contribution is 6.17. The lowest BCUT2D eigenvalue weighted by Gasteiger charge is -2.29. The monoisotopic (exact) mass is 288 g/mol. The van der Waals surface area contributed by atoms with Gasteiger partial charge in [0.25, 0.3) is 0 Å². The molecule has 0 aromatic heterocycles. The van der Waals surface area contributed by atoms with E-state index in [1.165, 1.54) is 16.7 Å². The summed E-state index contributed by atoms with van der Waals surface area (Å²) in [6.07, 6.45) is 1.15. The molecule has 0 saturated carbocycles. The zero-order valence-electron chi connectivity index (χ0n) is 12.1. The highest BCUT2D eigenvalue weighted by Crippen LogP contribution is 2.32. The van der Waals surface area contributed by atoms with Gasteiger partial charge in [-0.2, -0.15) is 0 Å². The lowest BCUT2D eigenvalue weighted by Crippen LogP contribution is -2.30. The fourth-order valence-corrected chi connectivity index (χ4v) is 2.97. The molecule has 1 N–H and O–H groups in total. The molecule has 0 radical (unpaired) electrons. The molecule has 0 aliphatic heterocycles. The van der Waals surface area contributed by atoms with E-state index in [1.807, 2.05) is 30.3 Å². The van der Waals surface area contributed by atoms with Gasteiger partial charge in [0.15, 0.2) is 0 Å². The number of hydrogen-bond donors (Lipinski definition) is 1. The van der Waals surface area contributed by atoms with Crippen molar-refractivity contribution in [3.05, 3.63) is 70.8 Å². The van der Waals surface area contributed by atoms with Crippen LogP contribution < -0.4 is 0 Å². The Hall–Kier alpha value is -1.31. The SMILES string of the molecule is Cc1cccc(C)c1CC(O)(CCCl)c1ccccc1. The summed E-state index contributed by atoms with van der Waals surface area (Å²) in [4.78, 5) is 0. The number of halogens is 1. The van der Waals surface area contributed by atoms with Crippen molar-refractivity contribution in [3.63, 3.8) is 0 Å². The Morgan fingerprint density at radius 1 is 0.950 bits per heavy atom. The molecular weight excluding hydrogens is 268 g/mol. The van der Waals surface area contributed by atoms with E-state index in [9.17, 15) is 5.11 Å². The van der Waals surface area contributed by atoms with Gasteiger partial charge in [0.1, 0.15) is 0 Å². The average Bonchev–Trinajstić information content (AvgIpc) is 2.44. The minimum absolute atomic E-state index is 0.441. The lowest BCUT2D eigenvalue weighted by molar-refractivity contribution is 0.0333. The van der Waals surface area contributed by atoms with Crippen molar-refractivity contribution < 1.29 is 5.11 Å². The molecule has 0 saturated heterocycles. The zero-order chi connectivity index (χ0) is 14.6. The van der Waals surface area contributed by atoms with E-state index in [1.54, 1.807) is 0 Å². The summed E-state index contributed by atoms with van der Waals surface area (Å²) in [5, 5.41) is 11.1. The second-order valence-corrected chi connectivity index (χ2v) is 5.76. The van der Waals surface area contributed by atoms with E-state index in [4.69, 9.17) is 11.6 Å². The first kappa shape index (κ1) is 15.1. The maximum atomic E-state index is 11.1. The van der Waals surface area contributed by atoms with E-state index in [0.29, 0.717) is 18.7 Å². The zero-order valence-corrected chi connectivity index (χ0v) is 12.8. The molecule has 2 rings (SSSR count). The van der Waals surface area contributed by atoms with Crippen LogP contribution in [0.3, 0.4) is 0 Å². The molecule has 1 nitrogen and oxygen atoms in total. The summed E-state index contributed by atoms with van der Waals surface area (Å²) >= 11 is 5.92. The molecule has 0 amide bonds. The number of hydrogen-bond acceptors (Lipinski definition) is 1. The van der Waals surface area contributed by atoms with E-state index in [-0.39, 0.29) is 0 Å². The maximum Gasteiger partial charge on any atom is 0.0948 e. The van der Waals surface area contributed by atoms with Crippen molar-refractivity contribution >= 4 is 11.6 Å². The molecule has 0 fully saturated rings. The standard InChI is InChI=1S/C18H21ClO/c1-14-7-6-8-15(2)17(14)13-18(20,11-12-19)16-9-4-3-5-10-16/h3-10,20H,11-13H2,1-2H3. The van der Waals surface area contributed by atoms with Crippen LogP contribution in [0.5, 0.6) is 0 Å². The predicted molar refractivity (Wildman–Crippen MR) is 85.3 cm³/mol. The molecule has 106 valence electrons. The van der Waals surface area contributed by atoms with Crippen LogP contribution in [0, 0.1) is 13.8 Å². The molecule has 2 aromatic rings. The number of rotatable bonds is 5. The quantitative estimate of drug-likeness (QED) is 0.811. The van der Waals surface area contributed by atoms with Gasteiger partial charge < -0.3 is 5.11 Å². The largest absolute Gasteiger partial charge is 0.385 e. The topological polar surface area (TPSA) is 20.2 Å². The molecular formula is C18H21ClO. The van der Waals surface area contributed by atoms with Crippen molar-refractivity contribution in [2.75, 3.05) is 5.88 Å². The lowest BCUT2D eigenvalue weighted by atomic mass is 9.82. The summed E-state index contributed by atoms with van der Waals surface area (Å²) in [7, 11) is 0. The second-order valence-electron chi connectivity index (χ2n) is 5.38. The van der Waals surface area contributed by atoms with Crippen LogP contribution in [0.25, 0.3) is 0 Å². The molecule has 20 heavy (non-hydrogen) atoms. The van der Waals surface area contributed by atoms with Crippen LogP contribution in [0.4, 0.5) is 0 Å². The van der Waals surface area contributed by atoms with Crippen molar-refractivity contribution in [2.45, 2.75) is 32.3 Å². The van der Waals surface area contributed by atoms with Crippen LogP contribution >= 0.6 is 11.6 Å². The molecule has 0 spiro atoms. The molecule has 0 aliphatic carbocycles. The molecule has 2 aromatic carbocycles. The first-order valence-corrected chi connectivity index (χ1v) is 7.49. The molecule has 0 heterocycles. The van der Waals surface area contributed by atoms with Gasteiger partial charge in [-0.15, -0.1) is 11.6 Å². The van der Waals surface area contributed by atoms with Crippen LogP contribution in [-0.2, 0) is 12.0 Å². The first-order valence-electron chi connectivity index (χ1n) is 6.96. The summed E-state index contributed by atoms with van der Waals surface area (Å²) < 4.78 is 0. The summed E-state index contributed by atoms with van der Waals surface area (Å²) in [5.41, 5.74) is 3.68. The smallest absolute Gasteiger partial charge is 0.0948 e. The first-order chi connectivity index (χ1) is 9.57. The Balaban J connectivity index is 2.40. The minimum atomic E-state index is -0.903. The van der Waals surface area contributed by atoms with Gasteiger partial charge in [-0.25, -0.2) is 0 Å². The van der Waals surface area contributed by atoms with Gasteiger partial charge in [0, 0.05) is 12.3 Å². The van der Waals surface area contributed by atoms with E-state index in [2.05, 4.69) is 32.0 Å². The van der Waals surface area contributed by atoms with Crippen molar-refractivity contribution in [1.82, 2.24) is 0 Å². The van der Waals surface area contributed by atoms with Crippen LogP contribution in [-0.4, -0.2) is 11.0 Å². The molecule has 1 unspecified atom stereocenters. The van der Waals surface area contributed by atoms with Gasteiger partial charge in [-0.3, -0.25) is 0 Å². The van der Waals surface area contributed by atoms with Crippen molar-refractivity contribution in [2.24, 2.45) is 0 Å². The maximum absolute atomic E-state index is 11.1. The summed E-state index contributed by atoms with van der Waals surface area (Å²) in [6.45, 7) is 4.18. The Kier molecular flexibility index (Phi) is 4.85. The molecule has 1 atom stereocenters. The molecule has 0 aliphatic rings. The van der Waals surface area contributed by atoms with Crippen molar-refractivity contribution in [3.8, 4) is 0 Å². The third-order valence-electron chi connectivity index (χ3n) is 3.93. The Morgan fingerprint density at radius 3 is 2.10 bits per heavy atom. The molecule has 0 bridgehead atoms. The van der Waals surface area contributed by atoms with Crippen molar-refractivity contribution in [1.29, 1.82) is 0 Å². The van der Waals surface area contributed by atoms with Gasteiger partial charge in [-0.1, -0.05) is 48.5 Å². The Labute approximate surface area is 126 Å². The van der Waals surface area contributed by atoms with E-state index >= 15 is 0 Å². The minimum Gasteiger partial charge on any atom is -0.385 e. The average molecular weight is 289 g/mol. The third-order valence-corrected chi connectivity index (χ3v) is 4.12. The second kappa shape index (κ2) is 6.43. The number of alkyl halides is 1.